The second-order valence-electron chi connectivity index (χ2n) is 5.45. The van der Waals surface area contributed by atoms with E-state index >= 15 is 0 Å². The summed E-state index contributed by atoms with van der Waals surface area (Å²) in [5.41, 5.74) is 0. The van der Waals surface area contributed by atoms with E-state index in [2.05, 4.69) is 22.8 Å². The minimum absolute atomic E-state index is 0.208. The van der Waals surface area contributed by atoms with Gasteiger partial charge in [0.05, 0.1) is 0 Å². The molecular weight excluding hydrogens is 312 g/mol. The Morgan fingerprint density at radius 2 is 1.54 bits per heavy atom. The molecule has 0 aromatic heterocycles. The zero-order valence-corrected chi connectivity index (χ0v) is 14.5. The lowest BCUT2D eigenvalue weighted by atomic mass is 10.1. The lowest BCUT2D eigenvalue weighted by Crippen LogP contribution is -2.38. The monoisotopic (exact) mass is 342 g/mol. The van der Waals surface area contributed by atoms with Crippen molar-refractivity contribution in [1.29, 1.82) is 0 Å². The first kappa shape index (κ1) is 22.1. The van der Waals surface area contributed by atoms with Crippen molar-refractivity contribution in [2.24, 2.45) is 0 Å². The second-order valence-corrected chi connectivity index (χ2v) is 5.45. The van der Waals surface area contributed by atoms with Crippen molar-refractivity contribution in [1.82, 2.24) is 10.6 Å². The van der Waals surface area contributed by atoms with Gasteiger partial charge < -0.3 is 20.5 Å². The molecule has 0 aliphatic heterocycles. The zero-order valence-electron chi connectivity index (χ0n) is 14.5. The lowest BCUT2D eigenvalue weighted by molar-refractivity contribution is -0.142. The van der Waals surface area contributed by atoms with E-state index in [9.17, 15) is 14.4 Å². The molecule has 3 N–H and O–H groups in total. The van der Waals surface area contributed by atoms with E-state index in [4.69, 9.17) is 9.84 Å². The van der Waals surface area contributed by atoms with Crippen LogP contribution in [0.15, 0.2) is 12.2 Å². The largest absolute Gasteiger partial charge is 0.480 e. The molecule has 0 rings (SSSR count). The molecule has 138 valence electrons. The van der Waals surface area contributed by atoms with Gasteiger partial charge in [-0.15, -0.1) is 0 Å². The molecule has 0 aromatic rings. The molecule has 24 heavy (non-hydrogen) atoms. The summed E-state index contributed by atoms with van der Waals surface area (Å²) in [5, 5.41) is 13.2. The van der Waals surface area contributed by atoms with Crippen LogP contribution in [0.25, 0.3) is 0 Å². The molecule has 0 aliphatic rings. The van der Waals surface area contributed by atoms with Crippen molar-refractivity contribution < 1.29 is 24.2 Å². The Bertz CT molecular complexity index is 396. The molecule has 0 saturated carbocycles. The lowest BCUT2D eigenvalue weighted by Gasteiger charge is -2.02. The number of aliphatic carboxylic acids is 1. The van der Waals surface area contributed by atoms with Crippen LogP contribution in [-0.4, -0.2) is 49.7 Å². The van der Waals surface area contributed by atoms with Gasteiger partial charge in [-0.05, 0) is 32.1 Å². The van der Waals surface area contributed by atoms with Crippen LogP contribution in [0.4, 0.5) is 0 Å². The number of hydrogen-bond donors (Lipinski definition) is 3. The van der Waals surface area contributed by atoms with E-state index < -0.39 is 17.8 Å². The summed E-state index contributed by atoms with van der Waals surface area (Å²) >= 11 is 0. The van der Waals surface area contributed by atoms with E-state index in [0.29, 0.717) is 13.2 Å². The molecule has 0 unspecified atom stereocenters. The molecule has 0 bridgehead atoms. The maximum absolute atomic E-state index is 11.1. The molecule has 7 nitrogen and oxygen atoms in total. The third-order valence-electron chi connectivity index (χ3n) is 3.32. The van der Waals surface area contributed by atoms with Crippen molar-refractivity contribution >= 4 is 17.8 Å². The van der Waals surface area contributed by atoms with Gasteiger partial charge in [-0.1, -0.05) is 31.4 Å². The van der Waals surface area contributed by atoms with Gasteiger partial charge in [0.25, 0.3) is 0 Å². The van der Waals surface area contributed by atoms with Crippen molar-refractivity contribution in [3.8, 4) is 0 Å². The maximum Gasteiger partial charge on any atom is 0.329 e. The quantitative estimate of drug-likeness (QED) is 0.253. The number of unbranched alkanes of at least 4 members (excludes halogenated alkanes) is 6. The minimum Gasteiger partial charge on any atom is -0.480 e. The number of carboxylic acids is 1. The Morgan fingerprint density at radius 1 is 0.917 bits per heavy atom. The van der Waals surface area contributed by atoms with Crippen LogP contribution in [0, 0.1) is 0 Å². The highest BCUT2D eigenvalue weighted by Crippen LogP contribution is 2.06. The third kappa shape index (κ3) is 15.0. The average molecular weight is 342 g/mol. The van der Waals surface area contributed by atoms with Gasteiger partial charge in [0.2, 0.25) is 0 Å². The molecule has 0 heterocycles. The van der Waals surface area contributed by atoms with Gasteiger partial charge in [0.1, 0.15) is 6.61 Å². The van der Waals surface area contributed by atoms with E-state index in [1.807, 2.05) is 0 Å². The van der Waals surface area contributed by atoms with Crippen LogP contribution in [0.1, 0.15) is 51.4 Å². The number of rotatable bonds is 14. The number of hydrogen-bond acceptors (Lipinski definition) is 4. The maximum atomic E-state index is 11.1. The normalized spacial score (nSPS) is 10.7. The molecule has 0 aromatic carbocycles. The highest BCUT2D eigenvalue weighted by Gasteiger charge is 2.08. The molecule has 0 radical (unpaired) electrons. The SMILES string of the molecule is CNC(=O)C(=O)NCCC/C=C\CCCCCCCOCC(=O)O. The van der Waals surface area contributed by atoms with Crippen LogP contribution in [0.3, 0.4) is 0 Å². The number of carboxylic acid groups (broad SMARTS) is 1. The summed E-state index contributed by atoms with van der Waals surface area (Å²) in [5.74, 6) is -2.12. The molecule has 7 heteroatoms. The van der Waals surface area contributed by atoms with Crippen LogP contribution in [0.5, 0.6) is 0 Å². The highest BCUT2D eigenvalue weighted by molar-refractivity contribution is 6.34. The molecule has 0 spiro atoms. The topological polar surface area (TPSA) is 105 Å². The molecule has 0 aliphatic carbocycles. The number of nitrogens with one attached hydrogen (secondary N) is 2. The van der Waals surface area contributed by atoms with Crippen molar-refractivity contribution in [2.75, 3.05) is 26.8 Å². The minimum atomic E-state index is -0.921. The van der Waals surface area contributed by atoms with Crippen molar-refractivity contribution in [3.63, 3.8) is 0 Å². The van der Waals surface area contributed by atoms with E-state index in [0.717, 1.165) is 51.4 Å². The van der Waals surface area contributed by atoms with Gasteiger partial charge in [-0.25, -0.2) is 4.79 Å². The van der Waals surface area contributed by atoms with Crippen LogP contribution < -0.4 is 10.6 Å². The van der Waals surface area contributed by atoms with Crippen LogP contribution in [-0.2, 0) is 19.1 Å². The fourth-order valence-corrected chi connectivity index (χ4v) is 2.01. The molecule has 0 fully saturated rings. The van der Waals surface area contributed by atoms with Crippen LogP contribution >= 0.6 is 0 Å². The number of allylic oxidation sites excluding steroid dienone is 2. The van der Waals surface area contributed by atoms with Gasteiger partial charge in [0, 0.05) is 20.2 Å². The molecular formula is C17H30N2O5. The standard InChI is InChI=1S/C17H30N2O5/c1-18-16(22)17(23)19-12-10-8-6-4-2-3-5-7-9-11-13-24-14-15(20)21/h4,6H,2-3,5,7-14H2,1H3,(H,18,22)(H,19,23)(H,20,21)/b6-4-. The second kappa shape index (κ2) is 16.0. The van der Waals surface area contributed by atoms with Gasteiger partial charge in [-0.3, -0.25) is 9.59 Å². The average Bonchev–Trinajstić information content (AvgIpc) is 2.57. The van der Waals surface area contributed by atoms with E-state index in [1.165, 1.54) is 7.05 Å². The first-order valence-corrected chi connectivity index (χ1v) is 8.52. The summed E-state index contributed by atoms with van der Waals surface area (Å²) in [4.78, 5) is 32.3. The van der Waals surface area contributed by atoms with E-state index in [-0.39, 0.29) is 6.61 Å². The van der Waals surface area contributed by atoms with Gasteiger partial charge in [-0.2, -0.15) is 0 Å². The molecule has 0 atom stereocenters. The van der Waals surface area contributed by atoms with Crippen molar-refractivity contribution in [2.45, 2.75) is 51.4 Å². The predicted molar refractivity (Wildman–Crippen MR) is 91.6 cm³/mol. The van der Waals surface area contributed by atoms with Crippen LogP contribution in [0.2, 0.25) is 0 Å². The Kier molecular flexibility index (Phi) is 14.7. The smallest absolute Gasteiger partial charge is 0.329 e. The Labute approximate surface area is 143 Å². The summed E-state index contributed by atoms with van der Waals surface area (Å²) in [6, 6.07) is 0. The highest BCUT2D eigenvalue weighted by atomic mass is 16.5. The first-order valence-electron chi connectivity index (χ1n) is 8.52. The Hall–Kier alpha value is -1.89. The number of ether oxygens (including phenoxy) is 1. The fourth-order valence-electron chi connectivity index (χ4n) is 2.01. The predicted octanol–water partition coefficient (Wildman–Crippen LogP) is 1.63. The Balaban J connectivity index is 3.26. The zero-order chi connectivity index (χ0) is 18.0. The molecule has 2 amide bonds. The fraction of sp³-hybridized carbons (Fsp3) is 0.706. The van der Waals surface area contributed by atoms with Gasteiger partial charge in [0.15, 0.2) is 0 Å². The summed E-state index contributed by atoms with van der Waals surface area (Å²) in [7, 11) is 1.43. The third-order valence-corrected chi connectivity index (χ3v) is 3.32. The first-order chi connectivity index (χ1) is 11.6. The van der Waals surface area contributed by atoms with Gasteiger partial charge >= 0.3 is 17.8 Å². The summed E-state index contributed by atoms with van der Waals surface area (Å²) in [6.07, 6.45) is 12.4. The number of carbonyl (C=O) groups excluding carboxylic acids is 2. The molecule has 0 saturated heterocycles. The summed E-state index contributed by atoms with van der Waals surface area (Å²) in [6.45, 7) is 0.809. The number of likely N-dealkylation sites (N-methyl/N-ethyl adjacent to an activating group) is 1. The number of amides is 2. The van der Waals surface area contributed by atoms with Crippen molar-refractivity contribution in [3.05, 3.63) is 12.2 Å². The number of carbonyl (C=O) groups is 3. The summed E-state index contributed by atoms with van der Waals surface area (Å²) < 4.78 is 4.96. The van der Waals surface area contributed by atoms with E-state index in [1.54, 1.807) is 0 Å². The Morgan fingerprint density at radius 3 is 2.21 bits per heavy atom.